The molecule has 0 aliphatic heterocycles. The van der Waals surface area contributed by atoms with Crippen LogP contribution in [0.15, 0.2) is 91.0 Å². The first-order valence-corrected chi connectivity index (χ1v) is 17.8. The Kier molecular flexibility index (Phi) is 7.36. The van der Waals surface area contributed by atoms with Gasteiger partial charge in [-0.15, -0.1) is 0 Å². The molecule has 0 N–H and O–H groups in total. The van der Waals surface area contributed by atoms with Gasteiger partial charge in [0.15, 0.2) is 0 Å². The number of fused-ring (bicyclic) bond motifs is 1. The second-order valence-corrected chi connectivity index (χ2v) is 16.1. The molecule has 0 saturated heterocycles. The predicted octanol–water partition coefficient (Wildman–Crippen LogP) is 5.45. The van der Waals surface area contributed by atoms with Crippen molar-refractivity contribution < 1.29 is 0 Å². The summed E-state index contributed by atoms with van der Waals surface area (Å²) in [5.74, 6) is 0. The van der Waals surface area contributed by atoms with Gasteiger partial charge in [0.25, 0.3) is 0 Å². The van der Waals surface area contributed by atoms with Gasteiger partial charge in [0.1, 0.15) is 0 Å². The fourth-order valence-electron chi connectivity index (χ4n) is 6.33. The van der Waals surface area contributed by atoms with E-state index in [1.165, 1.54) is 64.2 Å². The van der Waals surface area contributed by atoms with Crippen LogP contribution in [0.5, 0.6) is 0 Å². The van der Waals surface area contributed by atoms with E-state index in [-0.39, 0.29) is 6.71 Å². The second-order valence-electron chi connectivity index (χ2n) is 10.6. The molecule has 0 unspecified atom stereocenters. The van der Waals surface area contributed by atoms with Gasteiger partial charge in [0.2, 0.25) is 0 Å². The summed E-state index contributed by atoms with van der Waals surface area (Å²) < 4.78 is 3.09. The van der Waals surface area contributed by atoms with Gasteiger partial charge in [-0.3, -0.25) is 0 Å². The zero-order valence-electron chi connectivity index (χ0n) is 23.1. The normalized spacial score (nSPS) is 11.4. The third-order valence-electron chi connectivity index (χ3n) is 7.69. The molecule has 0 spiro atoms. The van der Waals surface area contributed by atoms with Gasteiger partial charge in [-0.25, -0.2) is 0 Å². The third-order valence-corrected chi connectivity index (χ3v) is 13.3. The Balaban J connectivity index is 1.88. The van der Waals surface area contributed by atoms with E-state index in [2.05, 4.69) is 138 Å². The fourth-order valence-corrected chi connectivity index (χ4v) is 11.0. The van der Waals surface area contributed by atoms with Crippen LogP contribution in [0, 0.1) is 41.5 Å². The van der Waals surface area contributed by atoms with Crippen LogP contribution in [0.3, 0.4) is 0 Å². The van der Waals surface area contributed by atoms with Crippen LogP contribution in [-0.4, -0.2) is 26.3 Å². The Morgan fingerprint density at radius 1 is 0.541 bits per heavy atom. The topological polar surface area (TPSA) is 0 Å². The monoisotopic (exact) mass is 597 g/mol. The Hall–Kier alpha value is -2.79. The molecule has 0 heterocycles. The molecule has 5 aromatic carbocycles. The maximum atomic E-state index is 2.52. The van der Waals surface area contributed by atoms with Crippen molar-refractivity contribution in [2.75, 3.05) is 0 Å². The summed E-state index contributed by atoms with van der Waals surface area (Å²) >= 11 is -1.77. The molecule has 0 fully saturated rings. The molecule has 0 aliphatic rings. The van der Waals surface area contributed by atoms with E-state index in [1.54, 1.807) is 3.61 Å². The standard InChI is InChI=1S/C35H36BTe/c1-23-19-25(3)34(26(4)20-23)36(35-27(5)21-24(2)22-28(35)6)31-17-11-13-29-14-12-18-32(33(29)31)37(7)30-15-9-8-10-16-30/h8-22H,1-7H3/q+1. The predicted molar refractivity (Wildman–Crippen MR) is 167 cm³/mol. The van der Waals surface area contributed by atoms with Crippen LogP contribution in [0.1, 0.15) is 33.4 Å². The van der Waals surface area contributed by atoms with Gasteiger partial charge in [0, 0.05) is 0 Å². The van der Waals surface area contributed by atoms with Crippen LogP contribution in [0.4, 0.5) is 0 Å². The molecule has 5 rings (SSSR count). The summed E-state index contributed by atoms with van der Waals surface area (Å²) in [6.45, 7) is 13.8. The van der Waals surface area contributed by atoms with E-state index in [1.807, 2.05) is 0 Å². The van der Waals surface area contributed by atoms with Gasteiger partial charge in [-0.1, -0.05) is 0 Å². The summed E-state index contributed by atoms with van der Waals surface area (Å²) in [6.07, 6.45) is 0. The van der Waals surface area contributed by atoms with Crippen LogP contribution >= 0.6 is 0 Å². The van der Waals surface area contributed by atoms with Gasteiger partial charge >= 0.3 is 232 Å². The van der Waals surface area contributed by atoms with Crippen molar-refractivity contribution in [3.63, 3.8) is 0 Å². The van der Waals surface area contributed by atoms with E-state index in [4.69, 9.17) is 0 Å². The molecule has 0 radical (unpaired) electrons. The van der Waals surface area contributed by atoms with Gasteiger partial charge in [-0.05, 0) is 0 Å². The van der Waals surface area contributed by atoms with Crippen LogP contribution in [0.2, 0.25) is 4.97 Å². The van der Waals surface area contributed by atoms with E-state index in [0.29, 0.717) is 0 Å². The Morgan fingerprint density at radius 3 is 1.54 bits per heavy atom. The Labute approximate surface area is 230 Å². The zero-order chi connectivity index (χ0) is 26.3. The van der Waals surface area contributed by atoms with Crippen LogP contribution < -0.4 is 23.6 Å². The molecule has 0 saturated carbocycles. The summed E-state index contributed by atoms with van der Waals surface area (Å²) in [5, 5.41) is 2.82. The van der Waals surface area contributed by atoms with Crippen molar-refractivity contribution in [3.8, 4) is 0 Å². The quantitative estimate of drug-likeness (QED) is 0.238. The fraction of sp³-hybridized carbons (Fsp3) is 0.200. The number of hydrogen-bond donors (Lipinski definition) is 0. The molecular formula is C35H36BTe+. The summed E-state index contributed by atoms with van der Waals surface area (Å²) in [6, 6.07) is 34.6. The molecule has 0 bridgehead atoms. The Morgan fingerprint density at radius 2 is 1.03 bits per heavy atom. The first kappa shape index (κ1) is 25.8. The average Bonchev–Trinajstić information content (AvgIpc) is 2.86. The number of aryl methyl sites for hydroxylation is 6. The van der Waals surface area contributed by atoms with Gasteiger partial charge in [0.05, 0.1) is 0 Å². The zero-order valence-corrected chi connectivity index (χ0v) is 25.5. The number of hydrogen-bond acceptors (Lipinski definition) is 0. The first-order chi connectivity index (χ1) is 17.8. The molecule has 5 aromatic rings. The van der Waals surface area contributed by atoms with E-state index in [9.17, 15) is 0 Å². The van der Waals surface area contributed by atoms with Crippen LogP contribution in [0.25, 0.3) is 10.8 Å². The molecule has 37 heavy (non-hydrogen) atoms. The number of benzene rings is 5. The average molecular weight is 595 g/mol. The molecule has 0 atom stereocenters. The summed E-state index contributed by atoms with van der Waals surface area (Å²) in [4.78, 5) is 2.52. The first-order valence-electron chi connectivity index (χ1n) is 13.1. The summed E-state index contributed by atoms with van der Waals surface area (Å²) in [7, 11) is 0. The van der Waals surface area contributed by atoms with Crippen molar-refractivity contribution >= 4 is 60.6 Å². The van der Waals surface area contributed by atoms with Crippen LogP contribution in [-0.2, 0) is 0 Å². The number of rotatable bonds is 5. The SMILES string of the molecule is Cc1cc(C)c(B(c2c(C)cc(C)cc2C)c2cccc3cccc([Te+](C)c4ccccc4)c23)c(C)c1. The van der Waals surface area contributed by atoms with Crippen molar-refractivity contribution in [1.82, 2.24) is 0 Å². The molecule has 2 heteroatoms. The minimum atomic E-state index is -1.77. The molecule has 0 aliphatic carbocycles. The molecule has 0 aromatic heterocycles. The van der Waals surface area contributed by atoms with Crippen molar-refractivity contribution in [3.05, 3.63) is 124 Å². The van der Waals surface area contributed by atoms with E-state index >= 15 is 0 Å². The minimum absolute atomic E-state index is 0.188. The molecule has 0 amide bonds. The van der Waals surface area contributed by atoms with Gasteiger partial charge < -0.3 is 0 Å². The van der Waals surface area contributed by atoms with E-state index < -0.39 is 19.6 Å². The molecule has 0 nitrogen and oxygen atoms in total. The van der Waals surface area contributed by atoms with Crippen molar-refractivity contribution in [2.24, 2.45) is 0 Å². The third kappa shape index (κ3) is 4.91. The molecular weight excluding hydrogens is 559 g/mol. The van der Waals surface area contributed by atoms with E-state index in [0.717, 1.165) is 0 Å². The van der Waals surface area contributed by atoms with Crippen molar-refractivity contribution in [2.45, 2.75) is 46.5 Å². The summed E-state index contributed by atoms with van der Waals surface area (Å²) in [5.41, 5.74) is 12.6. The van der Waals surface area contributed by atoms with Gasteiger partial charge in [-0.2, -0.15) is 0 Å². The second kappa shape index (κ2) is 10.5. The molecule has 184 valence electrons. The maximum absolute atomic E-state index is 2.52. The Bertz CT molecular complexity index is 1490. The van der Waals surface area contributed by atoms with Crippen molar-refractivity contribution in [1.29, 1.82) is 0 Å².